The average molecular weight is 416 g/mol. The second-order valence-electron chi connectivity index (χ2n) is 7.35. The summed E-state index contributed by atoms with van der Waals surface area (Å²) in [6.45, 7) is 7.53. The van der Waals surface area contributed by atoms with Crippen LogP contribution < -0.4 is 0 Å². The fraction of sp³-hybridized carbons (Fsp3) is 0.333. The number of aryl methyl sites for hydroxylation is 2. The number of benzene rings is 1. The molecule has 0 aliphatic heterocycles. The standard InChI is InChI=1S/C21H25N3O4S/c1-13-11-19(16(4)24(13)20-12-14(2)28-22-20)21(25)23(5)15(3)17-7-9-18(10-8-17)29(6,26)27/h7-12,15H,1-6H3. The molecule has 0 radical (unpaired) electrons. The van der Waals surface area contributed by atoms with Crippen LogP contribution in [0.25, 0.3) is 5.82 Å². The topological polar surface area (TPSA) is 85.4 Å². The summed E-state index contributed by atoms with van der Waals surface area (Å²) >= 11 is 0. The maximum atomic E-state index is 13.2. The molecule has 154 valence electrons. The van der Waals surface area contributed by atoms with Crippen molar-refractivity contribution in [2.45, 2.75) is 38.6 Å². The van der Waals surface area contributed by atoms with E-state index in [2.05, 4.69) is 5.16 Å². The molecule has 0 spiro atoms. The normalized spacial score (nSPS) is 12.8. The zero-order chi connectivity index (χ0) is 21.5. The Balaban J connectivity index is 1.88. The fourth-order valence-corrected chi connectivity index (χ4v) is 4.00. The van der Waals surface area contributed by atoms with E-state index in [1.165, 1.54) is 6.26 Å². The third kappa shape index (κ3) is 3.98. The number of nitrogens with zero attached hydrogens (tertiary/aromatic N) is 3. The summed E-state index contributed by atoms with van der Waals surface area (Å²) in [5, 5.41) is 4.05. The first-order chi connectivity index (χ1) is 13.5. The molecule has 0 aliphatic rings. The minimum atomic E-state index is -3.25. The molecular weight excluding hydrogens is 390 g/mol. The summed E-state index contributed by atoms with van der Waals surface area (Å²) in [7, 11) is -1.51. The summed E-state index contributed by atoms with van der Waals surface area (Å²) in [5.74, 6) is 1.22. The second-order valence-corrected chi connectivity index (χ2v) is 9.36. The molecule has 0 fully saturated rings. The Labute approximate surface area is 170 Å². The summed E-state index contributed by atoms with van der Waals surface area (Å²) in [6.07, 6.45) is 1.17. The van der Waals surface area contributed by atoms with Crippen molar-refractivity contribution < 1.29 is 17.7 Å². The van der Waals surface area contributed by atoms with Gasteiger partial charge in [0.2, 0.25) is 0 Å². The highest BCUT2D eigenvalue weighted by Crippen LogP contribution is 2.26. The van der Waals surface area contributed by atoms with Crippen molar-refractivity contribution >= 4 is 15.7 Å². The summed E-state index contributed by atoms with van der Waals surface area (Å²) in [5.41, 5.74) is 3.12. The van der Waals surface area contributed by atoms with Crippen LogP contribution in [0.2, 0.25) is 0 Å². The van der Waals surface area contributed by atoms with Crippen molar-refractivity contribution in [2.24, 2.45) is 0 Å². The van der Waals surface area contributed by atoms with E-state index >= 15 is 0 Å². The van der Waals surface area contributed by atoms with E-state index < -0.39 is 9.84 Å². The van der Waals surface area contributed by atoms with Crippen molar-refractivity contribution in [1.82, 2.24) is 14.6 Å². The third-order valence-electron chi connectivity index (χ3n) is 5.20. The molecule has 0 saturated carbocycles. The summed E-state index contributed by atoms with van der Waals surface area (Å²) in [6, 6.07) is 10.1. The van der Waals surface area contributed by atoms with E-state index in [0.717, 1.165) is 17.0 Å². The minimum absolute atomic E-state index is 0.121. The Hall–Kier alpha value is -2.87. The van der Waals surface area contributed by atoms with Gasteiger partial charge in [-0.3, -0.25) is 9.36 Å². The van der Waals surface area contributed by atoms with Gasteiger partial charge in [0.15, 0.2) is 15.7 Å². The smallest absolute Gasteiger partial charge is 0.255 e. The van der Waals surface area contributed by atoms with Gasteiger partial charge in [-0.2, -0.15) is 0 Å². The van der Waals surface area contributed by atoms with Crippen LogP contribution in [0.5, 0.6) is 0 Å². The number of rotatable bonds is 5. The van der Waals surface area contributed by atoms with Crippen molar-refractivity contribution in [2.75, 3.05) is 13.3 Å². The van der Waals surface area contributed by atoms with Crippen molar-refractivity contribution in [3.05, 3.63) is 64.7 Å². The first-order valence-corrected chi connectivity index (χ1v) is 11.1. The van der Waals surface area contributed by atoms with Crippen LogP contribution in [0.3, 0.4) is 0 Å². The molecule has 0 N–H and O–H groups in total. The lowest BCUT2D eigenvalue weighted by molar-refractivity contribution is 0.0742. The van der Waals surface area contributed by atoms with Crippen molar-refractivity contribution in [1.29, 1.82) is 0 Å². The largest absolute Gasteiger partial charge is 0.360 e. The third-order valence-corrected chi connectivity index (χ3v) is 6.33. The number of sulfone groups is 1. The molecular formula is C21H25N3O4S. The van der Waals surface area contributed by atoms with Gasteiger partial charge >= 0.3 is 0 Å². The zero-order valence-corrected chi connectivity index (χ0v) is 18.2. The molecule has 7 nitrogen and oxygen atoms in total. The maximum Gasteiger partial charge on any atom is 0.255 e. The van der Waals surface area contributed by atoms with Crippen molar-refractivity contribution in [3.63, 3.8) is 0 Å². The van der Waals surface area contributed by atoms with Gasteiger partial charge in [0.05, 0.1) is 16.5 Å². The van der Waals surface area contributed by atoms with Crippen LogP contribution >= 0.6 is 0 Å². The number of carbonyl (C=O) groups is 1. The van der Waals surface area contributed by atoms with Crippen LogP contribution in [0.1, 0.15) is 46.0 Å². The molecule has 0 aliphatic carbocycles. The molecule has 8 heteroatoms. The van der Waals surface area contributed by atoms with Crippen LogP contribution in [0.4, 0.5) is 0 Å². The fourth-order valence-electron chi connectivity index (χ4n) is 3.37. The Morgan fingerprint density at radius 2 is 1.76 bits per heavy atom. The lowest BCUT2D eigenvalue weighted by atomic mass is 10.1. The van der Waals surface area contributed by atoms with E-state index in [1.54, 1.807) is 36.2 Å². The van der Waals surface area contributed by atoms with Gasteiger partial charge in [-0.1, -0.05) is 17.3 Å². The molecule has 1 unspecified atom stereocenters. The first kappa shape index (κ1) is 20.9. The molecule has 2 aromatic heterocycles. The summed E-state index contributed by atoms with van der Waals surface area (Å²) in [4.78, 5) is 15.1. The number of hydrogen-bond donors (Lipinski definition) is 0. The molecule has 29 heavy (non-hydrogen) atoms. The Kier molecular flexibility index (Phi) is 5.40. The SMILES string of the molecule is Cc1cc(-n2c(C)cc(C(=O)N(C)C(C)c3ccc(S(C)(=O)=O)cc3)c2C)no1. The molecule has 2 heterocycles. The molecule has 3 aromatic rings. The quantitative estimate of drug-likeness (QED) is 0.635. The number of aromatic nitrogens is 2. The van der Waals surface area contributed by atoms with Crippen molar-refractivity contribution in [3.8, 4) is 5.82 Å². The van der Waals surface area contributed by atoms with Gasteiger partial charge in [0.25, 0.3) is 5.91 Å². The van der Waals surface area contributed by atoms with Crippen LogP contribution in [-0.4, -0.2) is 42.3 Å². The van der Waals surface area contributed by atoms with Gasteiger partial charge in [-0.25, -0.2) is 8.42 Å². The van der Waals surface area contributed by atoms with Gasteiger partial charge < -0.3 is 9.42 Å². The van der Waals surface area contributed by atoms with Gasteiger partial charge in [-0.15, -0.1) is 0 Å². The Morgan fingerprint density at radius 3 is 2.28 bits per heavy atom. The lowest BCUT2D eigenvalue weighted by Crippen LogP contribution is -2.30. The molecule has 1 aromatic carbocycles. The molecule has 0 bridgehead atoms. The van der Waals surface area contributed by atoms with E-state index in [0.29, 0.717) is 17.1 Å². The van der Waals surface area contributed by atoms with Crippen LogP contribution in [0.15, 0.2) is 45.8 Å². The molecule has 1 atom stereocenters. The van der Waals surface area contributed by atoms with Gasteiger partial charge in [0, 0.05) is 30.8 Å². The predicted octanol–water partition coefficient (Wildman–Crippen LogP) is 3.63. The predicted molar refractivity (Wildman–Crippen MR) is 110 cm³/mol. The average Bonchev–Trinajstić information content (AvgIpc) is 3.21. The van der Waals surface area contributed by atoms with Crippen LogP contribution in [-0.2, 0) is 9.84 Å². The number of hydrogen-bond acceptors (Lipinski definition) is 5. The van der Waals surface area contributed by atoms with E-state index in [-0.39, 0.29) is 16.8 Å². The highest BCUT2D eigenvalue weighted by atomic mass is 32.2. The van der Waals surface area contributed by atoms with E-state index in [4.69, 9.17) is 4.52 Å². The molecule has 3 rings (SSSR count). The Morgan fingerprint density at radius 1 is 1.14 bits per heavy atom. The lowest BCUT2D eigenvalue weighted by Gasteiger charge is -2.25. The highest BCUT2D eigenvalue weighted by molar-refractivity contribution is 7.90. The van der Waals surface area contributed by atoms with E-state index in [9.17, 15) is 13.2 Å². The minimum Gasteiger partial charge on any atom is -0.360 e. The maximum absolute atomic E-state index is 13.2. The number of amides is 1. The monoisotopic (exact) mass is 415 g/mol. The molecule has 1 amide bonds. The zero-order valence-electron chi connectivity index (χ0n) is 17.4. The van der Waals surface area contributed by atoms with Gasteiger partial charge in [0.1, 0.15) is 5.76 Å². The first-order valence-electron chi connectivity index (χ1n) is 9.20. The Bertz CT molecular complexity index is 1160. The number of carbonyl (C=O) groups excluding carboxylic acids is 1. The van der Waals surface area contributed by atoms with E-state index in [1.807, 2.05) is 44.4 Å². The van der Waals surface area contributed by atoms with Gasteiger partial charge in [-0.05, 0) is 51.5 Å². The highest BCUT2D eigenvalue weighted by Gasteiger charge is 2.24. The molecule has 0 saturated heterocycles. The van der Waals surface area contributed by atoms with Crippen LogP contribution in [0, 0.1) is 20.8 Å². The summed E-state index contributed by atoms with van der Waals surface area (Å²) < 4.78 is 30.4. The second kappa shape index (κ2) is 7.51.